The normalized spacial score (nSPS) is 11.6. The van der Waals surface area contributed by atoms with Crippen LogP contribution in [0.5, 0.6) is 5.88 Å². The number of anilines is 2. The Kier molecular flexibility index (Phi) is 4.90. The number of nitrogens with zero attached hydrogens (tertiary/aromatic N) is 4. The zero-order valence-electron chi connectivity index (χ0n) is 15.2. The van der Waals surface area contributed by atoms with E-state index in [0.29, 0.717) is 22.6 Å². The van der Waals surface area contributed by atoms with Crippen LogP contribution < -0.4 is 5.32 Å². The fraction of sp³-hybridized carbons (Fsp3) is 0.100. The molecule has 0 unspecified atom stereocenters. The summed E-state index contributed by atoms with van der Waals surface area (Å²) in [6.45, 7) is -0.649. The number of pyridine rings is 4. The predicted octanol–water partition coefficient (Wildman–Crippen LogP) is 5.02. The van der Waals surface area contributed by atoms with Crippen molar-refractivity contribution in [1.29, 1.82) is 0 Å². The summed E-state index contributed by atoms with van der Waals surface area (Å²) in [5.41, 5.74) is 0.115. The van der Waals surface area contributed by atoms with Crippen molar-refractivity contribution in [2.75, 3.05) is 5.32 Å². The first-order valence-corrected chi connectivity index (χ1v) is 8.65. The lowest BCUT2D eigenvalue weighted by Crippen LogP contribution is -2.08. The van der Waals surface area contributed by atoms with Crippen molar-refractivity contribution in [2.45, 2.75) is 12.9 Å². The van der Waals surface area contributed by atoms with Gasteiger partial charge in [-0.25, -0.2) is 14.4 Å². The summed E-state index contributed by atoms with van der Waals surface area (Å²) in [5, 5.41) is 12.9. The molecular weight excluding hydrogens is 402 g/mol. The molecule has 0 saturated carbocycles. The molecule has 6 nitrogen and oxygen atoms in total. The molecule has 0 aliphatic rings. The lowest BCUT2D eigenvalue weighted by Gasteiger charge is -2.13. The Morgan fingerprint density at radius 2 is 1.83 bits per heavy atom. The molecule has 0 spiro atoms. The highest BCUT2D eigenvalue weighted by Crippen LogP contribution is 2.36. The maximum absolute atomic E-state index is 13.3. The summed E-state index contributed by atoms with van der Waals surface area (Å²) in [7, 11) is 0. The molecular formula is C20H13F4N5O. The van der Waals surface area contributed by atoms with Crippen LogP contribution in [0, 0.1) is 0 Å². The monoisotopic (exact) mass is 415 g/mol. The van der Waals surface area contributed by atoms with E-state index in [2.05, 4.69) is 25.3 Å². The van der Waals surface area contributed by atoms with Crippen LogP contribution in [-0.2, 0) is 12.9 Å². The smallest absolute Gasteiger partial charge is 0.418 e. The average Bonchev–Trinajstić information content (AvgIpc) is 2.73. The minimum absolute atomic E-state index is 0.102. The van der Waals surface area contributed by atoms with Crippen LogP contribution in [0.1, 0.15) is 11.1 Å². The summed E-state index contributed by atoms with van der Waals surface area (Å²) < 4.78 is 52.6. The summed E-state index contributed by atoms with van der Waals surface area (Å²) in [6.07, 6.45) is -0.723. The highest BCUT2D eigenvalue weighted by Gasteiger charge is 2.34. The van der Waals surface area contributed by atoms with Gasteiger partial charge in [0.25, 0.3) is 0 Å². The third kappa shape index (κ3) is 3.84. The van der Waals surface area contributed by atoms with E-state index < -0.39 is 18.4 Å². The highest BCUT2D eigenvalue weighted by atomic mass is 19.4. The largest absolute Gasteiger partial charge is 0.493 e. The van der Waals surface area contributed by atoms with Gasteiger partial charge in [0.05, 0.1) is 22.5 Å². The van der Waals surface area contributed by atoms with E-state index >= 15 is 0 Å². The maximum atomic E-state index is 13.3. The van der Waals surface area contributed by atoms with E-state index in [-0.39, 0.29) is 22.7 Å². The van der Waals surface area contributed by atoms with Gasteiger partial charge in [-0.1, -0.05) is 6.07 Å². The molecule has 4 aromatic heterocycles. The molecule has 0 saturated heterocycles. The van der Waals surface area contributed by atoms with Crippen molar-refractivity contribution >= 4 is 22.5 Å². The zero-order valence-corrected chi connectivity index (χ0v) is 15.2. The first kappa shape index (κ1) is 19.5. The van der Waals surface area contributed by atoms with Crippen LogP contribution in [0.2, 0.25) is 0 Å². The van der Waals surface area contributed by atoms with Crippen molar-refractivity contribution in [1.82, 2.24) is 19.9 Å². The maximum Gasteiger partial charge on any atom is 0.418 e. The van der Waals surface area contributed by atoms with Gasteiger partial charge in [-0.15, -0.1) is 0 Å². The molecule has 2 N–H and O–H groups in total. The molecule has 4 aromatic rings. The first-order valence-electron chi connectivity index (χ1n) is 8.65. The van der Waals surface area contributed by atoms with Crippen LogP contribution >= 0.6 is 0 Å². The van der Waals surface area contributed by atoms with Crippen LogP contribution in [0.4, 0.5) is 29.1 Å². The standard InChI is InChI=1S/C20H13F4N5O/c21-8-11-3-4-16(26-9-11)28-15-7-17(30)29-14-6-12(10-27-19(14)15)18-13(20(22,23)24)2-1-5-25-18/h1-7,9-10H,8H2,(H2,26,28,29,30). The molecule has 4 heterocycles. The lowest BCUT2D eigenvalue weighted by atomic mass is 10.1. The fourth-order valence-corrected chi connectivity index (χ4v) is 2.90. The predicted molar refractivity (Wildman–Crippen MR) is 102 cm³/mol. The van der Waals surface area contributed by atoms with E-state index in [1.807, 2.05) is 0 Å². The molecule has 152 valence electrons. The van der Waals surface area contributed by atoms with Crippen LogP contribution in [-0.4, -0.2) is 25.0 Å². The van der Waals surface area contributed by atoms with Gasteiger partial charge in [-0.05, 0) is 24.3 Å². The molecule has 0 aliphatic heterocycles. The van der Waals surface area contributed by atoms with E-state index in [1.165, 1.54) is 36.8 Å². The average molecular weight is 415 g/mol. The van der Waals surface area contributed by atoms with E-state index in [1.54, 1.807) is 12.1 Å². The summed E-state index contributed by atoms with van der Waals surface area (Å²) >= 11 is 0. The number of hydrogen-bond donors (Lipinski definition) is 2. The van der Waals surface area contributed by atoms with E-state index in [4.69, 9.17) is 0 Å². The summed E-state index contributed by atoms with van der Waals surface area (Å²) in [6, 6.07) is 7.91. The minimum atomic E-state index is -4.59. The third-order valence-corrected chi connectivity index (χ3v) is 4.26. The van der Waals surface area contributed by atoms with Crippen molar-refractivity contribution in [3.05, 3.63) is 66.1 Å². The molecule has 0 atom stereocenters. The quantitative estimate of drug-likeness (QED) is 0.455. The van der Waals surface area contributed by atoms with Gasteiger partial charge in [0.2, 0.25) is 5.88 Å². The number of fused-ring (bicyclic) bond motifs is 1. The van der Waals surface area contributed by atoms with Crippen molar-refractivity contribution in [2.24, 2.45) is 0 Å². The molecule has 0 radical (unpaired) electrons. The van der Waals surface area contributed by atoms with E-state index in [9.17, 15) is 22.7 Å². The number of rotatable bonds is 4. The Bertz CT molecular complexity index is 1210. The number of aromatic nitrogens is 4. The second-order valence-corrected chi connectivity index (χ2v) is 6.33. The molecule has 0 aromatic carbocycles. The van der Waals surface area contributed by atoms with Crippen LogP contribution in [0.25, 0.3) is 22.3 Å². The number of halogens is 4. The lowest BCUT2D eigenvalue weighted by molar-refractivity contribution is -0.137. The summed E-state index contributed by atoms with van der Waals surface area (Å²) in [5.74, 6) is 0.00968. The molecule has 4 rings (SSSR count). The Balaban J connectivity index is 1.78. The number of aromatic hydroxyl groups is 1. The SMILES string of the molecule is Oc1cc(Nc2ccc(CF)cn2)c2ncc(-c3ncccc3C(F)(F)F)cc2n1. The first-order chi connectivity index (χ1) is 14.3. The van der Waals surface area contributed by atoms with Crippen molar-refractivity contribution in [3.63, 3.8) is 0 Å². The zero-order chi connectivity index (χ0) is 21.3. The second kappa shape index (κ2) is 7.54. The van der Waals surface area contributed by atoms with Gasteiger partial charge in [0, 0.05) is 35.8 Å². The molecule has 0 fully saturated rings. The van der Waals surface area contributed by atoms with Gasteiger partial charge in [0.15, 0.2) is 0 Å². The molecule has 0 bridgehead atoms. The number of nitrogens with one attached hydrogen (secondary N) is 1. The van der Waals surface area contributed by atoms with Crippen LogP contribution in [0.15, 0.2) is 55.0 Å². The molecule has 10 heteroatoms. The fourth-order valence-electron chi connectivity index (χ4n) is 2.90. The summed E-state index contributed by atoms with van der Waals surface area (Å²) in [4.78, 5) is 16.1. The van der Waals surface area contributed by atoms with Crippen molar-refractivity contribution < 1.29 is 22.7 Å². The third-order valence-electron chi connectivity index (χ3n) is 4.26. The topological polar surface area (TPSA) is 83.8 Å². The van der Waals surface area contributed by atoms with Crippen LogP contribution in [0.3, 0.4) is 0 Å². The minimum Gasteiger partial charge on any atom is -0.493 e. The number of alkyl halides is 4. The van der Waals surface area contributed by atoms with Gasteiger partial charge >= 0.3 is 6.18 Å². The van der Waals surface area contributed by atoms with Gasteiger partial charge in [0.1, 0.15) is 18.0 Å². The molecule has 30 heavy (non-hydrogen) atoms. The van der Waals surface area contributed by atoms with Gasteiger partial charge < -0.3 is 10.4 Å². The Morgan fingerprint density at radius 1 is 1.00 bits per heavy atom. The van der Waals surface area contributed by atoms with E-state index in [0.717, 1.165) is 6.07 Å². The second-order valence-electron chi connectivity index (χ2n) is 6.33. The Morgan fingerprint density at radius 3 is 2.53 bits per heavy atom. The Labute approximate surface area is 167 Å². The number of hydrogen-bond acceptors (Lipinski definition) is 6. The highest BCUT2D eigenvalue weighted by molar-refractivity contribution is 5.92. The molecule has 0 amide bonds. The van der Waals surface area contributed by atoms with Gasteiger partial charge in [-0.2, -0.15) is 13.2 Å². The van der Waals surface area contributed by atoms with Crippen molar-refractivity contribution in [3.8, 4) is 17.1 Å². The molecule has 0 aliphatic carbocycles. The van der Waals surface area contributed by atoms with Gasteiger partial charge in [-0.3, -0.25) is 9.97 Å². The Hall–Kier alpha value is -3.82.